The van der Waals surface area contributed by atoms with Crippen molar-refractivity contribution in [2.75, 3.05) is 14.2 Å². The summed E-state index contributed by atoms with van der Waals surface area (Å²) >= 11 is 0. The fraction of sp³-hybridized carbons (Fsp3) is 0.176. The first-order chi connectivity index (χ1) is 20.4. The van der Waals surface area contributed by atoms with Crippen LogP contribution in [-0.4, -0.2) is 14.2 Å². The van der Waals surface area contributed by atoms with Crippen molar-refractivity contribution in [3.63, 3.8) is 0 Å². The maximum atomic E-state index is 6.28. The monoisotopic (exact) mass is 598 g/mol. The molecule has 4 aromatic heterocycles. The van der Waals surface area contributed by atoms with Crippen molar-refractivity contribution >= 4 is 48.5 Å². The van der Waals surface area contributed by atoms with Gasteiger partial charge in [0.1, 0.15) is 56.5 Å². The van der Waals surface area contributed by atoms with Gasteiger partial charge >= 0.3 is 0 Å². The van der Waals surface area contributed by atoms with Crippen LogP contribution in [0, 0.1) is 27.7 Å². The second-order valence-corrected chi connectivity index (χ2v) is 14.0. The third-order valence-corrected chi connectivity index (χ3v) is 11.4. The van der Waals surface area contributed by atoms with Crippen LogP contribution >= 0.6 is 15.8 Å². The summed E-state index contributed by atoms with van der Waals surface area (Å²) in [4.78, 5) is 0. The van der Waals surface area contributed by atoms with Gasteiger partial charge < -0.3 is 27.1 Å². The lowest BCUT2D eigenvalue weighted by molar-refractivity contribution is 0.411. The van der Waals surface area contributed by atoms with Gasteiger partial charge in [-0.25, -0.2) is 0 Å². The third kappa shape index (κ3) is 5.22. The molecule has 8 heteroatoms. The van der Waals surface area contributed by atoms with Gasteiger partial charge in [-0.1, -0.05) is 24.3 Å². The Balaban J connectivity index is 1.68. The molecule has 0 amide bonds. The number of aryl methyl sites for hydroxylation is 4. The van der Waals surface area contributed by atoms with Crippen LogP contribution in [0.25, 0.3) is 11.1 Å². The second kappa shape index (κ2) is 11.7. The summed E-state index contributed by atoms with van der Waals surface area (Å²) in [6.07, 6.45) is 0. The SMILES string of the molecule is COc1cccc(P(c2ccc(C)o2)c2ccc(C)o2)c1-c1c(OC)cccc1P(c1ccc(C)o1)c1ccc(C)o1. The topological polar surface area (TPSA) is 71.0 Å². The first-order valence-corrected chi connectivity index (χ1v) is 16.3. The average Bonchev–Trinajstić information content (AvgIpc) is 3.80. The summed E-state index contributed by atoms with van der Waals surface area (Å²) in [5, 5.41) is 2.06. The molecule has 0 radical (unpaired) electrons. The number of furan rings is 4. The third-order valence-electron chi connectivity index (χ3n) is 6.97. The Morgan fingerprint density at radius 3 is 0.976 bits per heavy atom. The molecule has 0 aliphatic rings. The lowest BCUT2D eigenvalue weighted by Crippen LogP contribution is -2.25. The summed E-state index contributed by atoms with van der Waals surface area (Å²) in [5.41, 5.74) is 5.20. The summed E-state index contributed by atoms with van der Waals surface area (Å²) in [6, 6.07) is 28.4. The maximum Gasteiger partial charge on any atom is 0.138 e. The molecule has 214 valence electrons. The van der Waals surface area contributed by atoms with Crippen LogP contribution in [0.3, 0.4) is 0 Å². The molecule has 6 rings (SSSR count). The molecule has 0 spiro atoms. The number of hydrogen-bond acceptors (Lipinski definition) is 6. The van der Waals surface area contributed by atoms with E-state index in [1.807, 2.05) is 100 Å². The van der Waals surface area contributed by atoms with Crippen LogP contribution in [-0.2, 0) is 0 Å². The second-order valence-electron chi connectivity index (χ2n) is 9.92. The molecule has 6 aromatic rings. The van der Waals surface area contributed by atoms with Gasteiger partial charge in [0.05, 0.1) is 30.1 Å². The molecule has 6 nitrogen and oxygen atoms in total. The van der Waals surface area contributed by atoms with E-state index in [9.17, 15) is 0 Å². The van der Waals surface area contributed by atoms with Gasteiger partial charge in [0.15, 0.2) is 0 Å². The number of methoxy groups -OCH3 is 2. The van der Waals surface area contributed by atoms with Crippen molar-refractivity contribution in [1.29, 1.82) is 0 Å². The number of rotatable bonds is 9. The zero-order valence-electron chi connectivity index (χ0n) is 24.4. The minimum Gasteiger partial charge on any atom is -0.496 e. The fourth-order valence-corrected chi connectivity index (χ4v) is 9.70. The van der Waals surface area contributed by atoms with Gasteiger partial charge in [-0.3, -0.25) is 0 Å². The van der Waals surface area contributed by atoms with Crippen LogP contribution in [0.15, 0.2) is 103 Å². The van der Waals surface area contributed by atoms with Crippen LogP contribution in [0.2, 0.25) is 0 Å². The van der Waals surface area contributed by atoms with Crippen molar-refractivity contribution < 1.29 is 27.1 Å². The lowest BCUT2D eigenvalue weighted by Gasteiger charge is -2.25. The Bertz CT molecular complexity index is 1620. The molecular formula is C34H32O6P2. The molecule has 0 aliphatic carbocycles. The van der Waals surface area contributed by atoms with Gasteiger partial charge in [-0.2, -0.15) is 0 Å². The Labute approximate surface area is 247 Å². The normalized spacial score (nSPS) is 11.5. The van der Waals surface area contributed by atoms with E-state index in [-0.39, 0.29) is 0 Å². The van der Waals surface area contributed by atoms with Crippen LogP contribution in [0.4, 0.5) is 0 Å². The molecule has 2 aromatic carbocycles. The highest BCUT2D eigenvalue weighted by atomic mass is 31.1. The van der Waals surface area contributed by atoms with Crippen molar-refractivity contribution in [2.45, 2.75) is 27.7 Å². The summed E-state index contributed by atoms with van der Waals surface area (Å²) in [7, 11) is 0.937. The van der Waals surface area contributed by atoms with E-state index in [0.717, 1.165) is 78.3 Å². The lowest BCUT2D eigenvalue weighted by atomic mass is 10.0. The van der Waals surface area contributed by atoms with Crippen LogP contribution < -0.4 is 42.1 Å². The molecule has 0 atom stereocenters. The first-order valence-electron chi connectivity index (χ1n) is 13.6. The highest BCUT2D eigenvalue weighted by Crippen LogP contribution is 2.47. The molecule has 0 unspecified atom stereocenters. The summed E-state index contributed by atoms with van der Waals surface area (Å²) < 4.78 is 37.3. The van der Waals surface area contributed by atoms with Crippen molar-refractivity contribution in [1.82, 2.24) is 0 Å². The zero-order valence-corrected chi connectivity index (χ0v) is 26.2. The molecule has 0 fully saturated rings. The predicted octanol–water partition coefficient (Wildman–Crippen LogP) is 6.49. The van der Waals surface area contributed by atoms with Crippen LogP contribution in [0.5, 0.6) is 11.5 Å². The number of benzene rings is 2. The van der Waals surface area contributed by atoms with Crippen LogP contribution in [0.1, 0.15) is 23.0 Å². The van der Waals surface area contributed by atoms with Crippen molar-refractivity contribution in [2.24, 2.45) is 0 Å². The molecule has 0 bridgehead atoms. The molecular weight excluding hydrogens is 566 g/mol. The quantitative estimate of drug-likeness (QED) is 0.177. The van der Waals surface area contributed by atoms with Gasteiger partial charge in [0, 0.05) is 21.7 Å². The van der Waals surface area contributed by atoms with Crippen molar-refractivity contribution in [3.8, 4) is 22.6 Å². The molecule has 0 saturated heterocycles. The zero-order chi connectivity index (χ0) is 29.4. The molecule has 0 saturated carbocycles. The van der Waals surface area contributed by atoms with E-state index >= 15 is 0 Å². The Morgan fingerprint density at radius 1 is 0.429 bits per heavy atom. The standard InChI is InChI=1S/C34H32O6P2/c1-21-13-17-29(37-21)41(30-18-14-22(2)38-30)27-11-7-9-25(35-5)33(27)34-26(36-6)10-8-12-28(34)42(31-19-15-23(3)39-31)32-20-16-24(4)40-32/h7-20H,1-6H3. The summed E-state index contributed by atoms with van der Waals surface area (Å²) in [6.45, 7) is 7.83. The Kier molecular flexibility index (Phi) is 7.86. The Morgan fingerprint density at radius 2 is 0.738 bits per heavy atom. The van der Waals surface area contributed by atoms with E-state index in [4.69, 9.17) is 27.1 Å². The van der Waals surface area contributed by atoms with E-state index < -0.39 is 15.8 Å². The average molecular weight is 599 g/mol. The van der Waals surface area contributed by atoms with E-state index in [0.29, 0.717) is 0 Å². The van der Waals surface area contributed by atoms with E-state index in [1.165, 1.54) is 0 Å². The van der Waals surface area contributed by atoms with E-state index in [2.05, 4.69) is 12.1 Å². The van der Waals surface area contributed by atoms with Gasteiger partial charge in [0.2, 0.25) is 0 Å². The first kappa shape index (κ1) is 28.2. The number of ether oxygens (including phenoxy) is 2. The van der Waals surface area contributed by atoms with Gasteiger partial charge in [-0.05, 0) is 88.4 Å². The van der Waals surface area contributed by atoms with E-state index in [1.54, 1.807) is 14.2 Å². The smallest absolute Gasteiger partial charge is 0.138 e. The summed E-state index contributed by atoms with van der Waals surface area (Å²) in [5.74, 6) is 4.81. The van der Waals surface area contributed by atoms with Gasteiger partial charge in [0.25, 0.3) is 0 Å². The number of hydrogen-bond donors (Lipinski definition) is 0. The minimum absolute atomic E-state index is 0.721. The molecule has 0 N–H and O–H groups in total. The van der Waals surface area contributed by atoms with Crippen molar-refractivity contribution in [3.05, 3.63) is 108 Å². The maximum absolute atomic E-state index is 6.28. The highest BCUT2D eigenvalue weighted by molar-refractivity contribution is 7.80. The predicted molar refractivity (Wildman–Crippen MR) is 170 cm³/mol. The molecule has 4 heterocycles. The highest BCUT2D eigenvalue weighted by Gasteiger charge is 2.33. The Hall–Kier alpha value is -3.98. The molecule has 42 heavy (non-hydrogen) atoms. The largest absolute Gasteiger partial charge is 0.496 e. The minimum atomic E-state index is -1.23. The molecule has 0 aliphatic heterocycles. The van der Waals surface area contributed by atoms with Gasteiger partial charge in [-0.15, -0.1) is 0 Å². The fourth-order valence-electron chi connectivity index (χ4n) is 5.11.